The van der Waals surface area contributed by atoms with Crippen molar-refractivity contribution in [3.05, 3.63) is 108 Å². The number of rotatable bonds is 3. The van der Waals surface area contributed by atoms with Gasteiger partial charge in [0.2, 0.25) is 0 Å². The van der Waals surface area contributed by atoms with Crippen molar-refractivity contribution in [1.29, 1.82) is 0 Å². The van der Waals surface area contributed by atoms with E-state index < -0.39 is 0 Å². The molecule has 0 saturated carbocycles. The number of aromatic nitrogens is 3. The first-order chi connectivity index (χ1) is 15.5. The fraction of sp³-hybridized carbons (Fsp3) is 0. The SMILES string of the molecule is O=C(c1ccccc1)c1ccc(O)cc1O.Oc1ccccc1-n1nnc2ccccc21. The number of ketones is 1. The lowest BCUT2D eigenvalue weighted by atomic mass is 10.0. The Bertz CT molecular complexity index is 1380. The summed E-state index contributed by atoms with van der Waals surface area (Å²) in [6.45, 7) is 0. The van der Waals surface area contributed by atoms with Crippen LogP contribution in [-0.4, -0.2) is 36.1 Å². The molecular weight excluding hydrogens is 406 g/mol. The quantitative estimate of drug-likeness (QED) is 0.369. The highest BCUT2D eigenvalue weighted by atomic mass is 16.3. The van der Waals surface area contributed by atoms with Crippen LogP contribution < -0.4 is 0 Å². The van der Waals surface area contributed by atoms with Crippen LogP contribution in [0.25, 0.3) is 16.7 Å². The molecule has 7 nitrogen and oxygen atoms in total. The standard InChI is InChI=1S/C13H10O3.C12H9N3O/c14-10-6-7-11(12(15)8-10)13(16)9-4-2-1-3-5-9;16-12-8-4-3-7-11(12)15-10-6-2-1-5-9(10)13-14-15/h1-8,14-15H;1-8,16H. The number of benzene rings is 4. The van der Waals surface area contributed by atoms with Crippen LogP contribution in [0.4, 0.5) is 0 Å². The van der Waals surface area contributed by atoms with Gasteiger partial charge in [-0.3, -0.25) is 4.79 Å². The third-order valence-electron chi connectivity index (χ3n) is 4.72. The topological polar surface area (TPSA) is 108 Å². The molecule has 1 aromatic heterocycles. The number of carbonyl (C=O) groups excluding carboxylic acids is 1. The number of para-hydroxylation sites is 3. The molecule has 0 radical (unpaired) electrons. The lowest BCUT2D eigenvalue weighted by molar-refractivity contribution is 0.103. The molecule has 0 fully saturated rings. The van der Waals surface area contributed by atoms with Gasteiger partial charge in [0.25, 0.3) is 0 Å². The van der Waals surface area contributed by atoms with Gasteiger partial charge in [-0.25, -0.2) is 4.68 Å². The Kier molecular flexibility index (Phi) is 5.81. The average Bonchev–Trinajstić information content (AvgIpc) is 3.24. The van der Waals surface area contributed by atoms with E-state index in [2.05, 4.69) is 10.3 Å². The van der Waals surface area contributed by atoms with E-state index in [0.29, 0.717) is 11.3 Å². The van der Waals surface area contributed by atoms with Gasteiger partial charge in [0.15, 0.2) is 5.78 Å². The van der Waals surface area contributed by atoms with Crippen LogP contribution in [0.2, 0.25) is 0 Å². The second-order valence-electron chi connectivity index (χ2n) is 6.88. The van der Waals surface area contributed by atoms with Crippen molar-refractivity contribution in [3.63, 3.8) is 0 Å². The normalized spacial score (nSPS) is 10.4. The van der Waals surface area contributed by atoms with Crippen molar-refractivity contribution in [1.82, 2.24) is 15.0 Å². The van der Waals surface area contributed by atoms with Crippen molar-refractivity contribution in [2.45, 2.75) is 0 Å². The van der Waals surface area contributed by atoms with Crippen molar-refractivity contribution < 1.29 is 20.1 Å². The summed E-state index contributed by atoms with van der Waals surface area (Å²) >= 11 is 0. The van der Waals surface area contributed by atoms with Crippen LogP contribution in [0.15, 0.2) is 97.1 Å². The van der Waals surface area contributed by atoms with Gasteiger partial charge < -0.3 is 15.3 Å². The summed E-state index contributed by atoms with van der Waals surface area (Å²) in [6.07, 6.45) is 0. The van der Waals surface area contributed by atoms with E-state index in [1.54, 1.807) is 47.1 Å². The van der Waals surface area contributed by atoms with Crippen LogP contribution in [0.3, 0.4) is 0 Å². The van der Waals surface area contributed by atoms with Crippen molar-refractivity contribution in [3.8, 4) is 22.9 Å². The Morgan fingerprint density at radius 1 is 0.719 bits per heavy atom. The Hall–Kier alpha value is -4.65. The van der Waals surface area contributed by atoms with E-state index in [9.17, 15) is 15.0 Å². The number of fused-ring (bicyclic) bond motifs is 1. The molecule has 0 amide bonds. The summed E-state index contributed by atoms with van der Waals surface area (Å²) in [5, 5.41) is 36.5. The highest BCUT2D eigenvalue weighted by Crippen LogP contribution is 2.25. The zero-order valence-corrected chi connectivity index (χ0v) is 16.8. The van der Waals surface area contributed by atoms with Gasteiger partial charge in [-0.1, -0.05) is 59.8 Å². The summed E-state index contributed by atoms with van der Waals surface area (Å²) in [7, 11) is 0. The third-order valence-corrected chi connectivity index (χ3v) is 4.72. The van der Waals surface area contributed by atoms with Crippen LogP contribution in [0, 0.1) is 0 Å². The number of carbonyl (C=O) groups is 1. The van der Waals surface area contributed by atoms with E-state index in [-0.39, 0.29) is 28.6 Å². The van der Waals surface area contributed by atoms with Crippen LogP contribution in [-0.2, 0) is 0 Å². The molecule has 4 aromatic carbocycles. The summed E-state index contributed by atoms with van der Waals surface area (Å²) < 4.78 is 1.63. The van der Waals surface area contributed by atoms with Crippen molar-refractivity contribution in [2.24, 2.45) is 0 Å². The van der Waals surface area contributed by atoms with Gasteiger partial charge in [-0.05, 0) is 36.4 Å². The molecule has 0 atom stereocenters. The number of nitrogens with zero attached hydrogens (tertiary/aromatic N) is 3. The van der Waals surface area contributed by atoms with E-state index >= 15 is 0 Å². The second-order valence-corrected chi connectivity index (χ2v) is 6.88. The van der Waals surface area contributed by atoms with Crippen LogP contribution in [0.5, 0.6) is 17.2 Å². The molecule has 0 spiro atoms. The molecule has 0 bridgehead atoms. The number of phenolic OH excluding ortho intramolecular Hbond substituents is 3. The van der Waals surface area contributed by atoms with Gasteiger partial charge in [-0.15, -0.1) is 5.10 Å². The van der Waals surface area contributed by atoms with Gasteiger partial charge in [0, 0.05) is 11.6 Å². The molecule has 32 heavy (non-hydrogen) atoms. The van der Waals surface area contributed by atoms with Crippen molar-refractivity contribution >= 4 is 16.8 Å². The lowest BCUT2D eigenvalue weighted by Crippen LogP contribution is -2.00. The molecule has 1 heterocycles. The number of hydrogen-bond acceptors (Lipinski definition) is 6. The average molecular weight is 425 g/mol. The predicted octanol–water partition coefficient (Wildman–Crippen LogP) is 4.45. The Balaban J connectivity index is 0.000000153. The van der Waals surface area contributed by atoms with E-state index in [0.717, 1.165) is 17.1 Å². The van der Waals surface area contributed by atoms with E-state index in [1.165, 1.54) is 12.1 Å². The van der Waals surface area contributed by atoms with Gasteiger partial charge in [0.1, 0.15) is 28.5 Å². The van der Waals surface area contributed by atoms with Gasteiger partial charge >= 0.3 is 0 Å². The number of aromatic hydroxyl groups is 3. The summed E-state index contributed by atoms with van der Waals surface area (Å²) in [5.41, 5.74) is 3.01. The smallest absolute Gasteiger partial charge is 0.196 e. The third kappa shape index (κ3) is 4.27. The predicted molar refractivity (Wildman–Crippen MR) is 120 cm³/mol. The molecule has 7 heteroatoms. The minimum Gasteiger partial charge on any atom is -0.508 e. The maximum Gasteiger partial charge on any atom is 0.196 e. The zero-order chi connectivity index (χ0) is 22.5. The fourth-order valence-electron chi connectivity index (χ4n) is 3.15. The largest absolute Gasteiger partial charge is 0.508 e. The van der Waals surface area contributed by atoms with Crippen LogP contribution >= 0.6 is 0 Å². The Morgan fingerprint density at radius 3 is 2.16 bits per heavy atom. The Labute approximate surface area is 183 Å². The fourth-order valence-corrected chi connectivity index (χ4v) is 3.15. The molecule has 5 rings (SSSR count). The first-order valence-corrected chi connectivity index (χ1v) is 9.75. The number of hydrogen-bond donors (Lipinski definition) is 3. The molecule has 3 N–H and O–H groups in total. The molecule has 158 valence electrons. The minimum atomic E-state index is -0.266. The Morgan fingerprint density at radius 2 is 1.41 bits per heavy atom. The summed E-state index contributed by atoms with van der Waals surface area (Å²) in [4.78, 5) is 11.9. The van der Waals surface area contributed by atoms with E-state index in [1.807, 2.05) is 36.4 Å². The molecule has 0 saturated heterocycles. The van der Waals surface area contributed by atoms with Crippen molar-refractivity contribution in [2.75, 3.05) is 0 Å². The molecule has 0 aliphatic carbocycles. The molecule has 0 aliphatic heterocycles. The van der Waals surface area contributed by atoms with Gasteiger partial charge in [0.05, 0.1) is 11.1 Å². The first-order valence-electron chi connectivity index (χ1n) is 9.75. The highest BCUT2D eigenvalue weighted by molar-refractivity contribution is 6.10. The van der Waals surface area contributed by atoms with Gasteiger partial charge in [-0.2, -0.15) is 0 Å². The molecular formula is C25H19N3O4. The van der Waals surface area contributed by atoms with Crippen LogP contribution in [0.1, 0.15) is 15.9 Å². The molecule has 0 aliphatic rings. The number of phenols is 3. The van der Waals surface area contributed by atoms with E-state index in [4.69, 9.17) is 5.11 Å². The summed E-state index contributed by atoms with van der Waals surface area (Å²) in [6, 6.07) is 27.3. The zero-order valence-electron chi connectivity index (χ0n) is 16.8. The first kappa shape index (κ1) is 20.6. The maximum atomic E-state index is 11.9. The highest BCUT2D eigenvalue weighted by Gasteiger charge is 2.13. The maximum absolute atomic E-state index is 11.9. The molecule has 0 unspecified atom stereocenters. The summed E-state index contributed by atoms with van der Waals surface area (Å²) in [5.74, 6) is -0.354. The molecule has 5 aromatic rings. The second kappa shape index (κ2) is 9.01. The minimum absolute atomic E-state index is 0.0675. The monoisotopic (exact) mass is 425 g/mol. The lowest BCUT2D eigenvalue weighted by Gasteiger charge is -2.04.